The van der Waals surface area contributed by atoms with Crippen molar-refractivity contribution in [2.75, 3.05) is 12.4 Å². The third-order valence-electron chi connectivity index (χ3n) is 7.20. The van der Waals surface area contributed by atoms with Gasteiger partial charge in [-0.2, -0.15) is 0 Å². The van der Waals surface area contributed by atoms with Crippen LogP contribution in [0.1, 0.15) is 29.7 Å². The van der Waals surface area contributed by atoms with Crippen LogP contribution in [0, 0.1) is 0 Å². The number of nitrogens with zero attached hydrogens (tertiary/aromatic N) is 2. The van der Waals surface area contributed by atoms with Crippen LogP contribution in [-0.2, 0) is 11.4 Å². The number of nitrogens with one attached hydrogen (secondary N) is 1. The van der Waals surface area contributed by atoms with Crippen LogP contribution in [0.4, 0.5) is 5.69 Å². The van der Waals surface area contributed by atoms with Gasteiger partial charge in [0.15, 0.2) is 4.80 Å². The Morgan fingerprint density at radius 1 is 0.977 bits per heavy atom. The number of para-hydroxylation sites is 1. The summed E-state index contributed by atoms with van der Waals surface area (Å²) in [7, 11) is 1.60. The monoisotopic (exact) mass is 621 g/mol. The number of carbonyl (C=O) groups excluding carboxylic acids is 1. The molecule has 0 bridgehead atoms. The largest absolute Gasteiger partial charge is 0.497 e. The Kier molecular flexibility index (Phi) is 8.45. The molecule has 0 saturated carbocycles. The Bertz CT molecular complexity index is 2030. The van der Waals surface area contributed by atoms with E-state index >= 15 is 0 Å². The maximum Gasteiger partial charge on any atom is 0.271 e. The molecule has 0 unspecified atom stereocenters. The van der Waals surface area contributed by atoms with Gasteiger partial charge in [-0.3, -0.25) is 14.2 Å². The number of carbonyl (C=O) groups is 1. The van der Waals surface area contributed by atoms with Crippen molar-refractivity contribution in [1.29, 1.82) is 0 Å². The van der Waals surface area contributed by atoms with Crippen LogP contribution in [0.2, 0.25) is 5.02 Å². The van der Waals surface area contributed by atoms with Crippen molar-refractivity contribution >= 4 is 40.6 Å². The van der Waals surface area contributed by atoms with Crippen LogP contribution < -0.4 is 29.7 Å². The minimum absolute atomic E-state index is 0.228. The molecule has 0 aliphatic carbocycles. The van der Waals surface area contributed by atoms with E-state index in [0.29, 0.717) is 49.4 Å². The molecule has 0 saturated heterocycles. The van der Waals surface area contributed by atoms with Gasteiger partial charge in [0.05, 0.1) is 29.0 Å². The molecule has 7 nitrogen and oxygen atoms in total. The normalized spacial score (nSPS) is 14.5. The standard InChI is InChI=1S/C35H28ClN3O4S/c1-22-31(33(40)38-27-9-4-3-5-10-27)32(25-13-17-28(42-2)18-14-25)39-34(41)30(44-35(39)37-22)20-23-11-15-29(16-12-23)43-21-24-7-6-8-26(36)19-24/h3-20,32H,21H2,1-2H3,(H,38,40)/b30-20+/t32-/m1/s1. The Morgan fingerprint density at radius 3 is 2.41 bits per heavy atom. The lowest BCUT2D eigenvalue weighted by molar-refractivity contribution is -0.113. The average molecular weight is 622 g/mol. The zero-order valence-electron chi connectivity index (χ0n) is 24.0. The van der Waals surface area contributed by atoms with E-state index < -0.39 is 6.04 Å². The zero-order valence-corrected chi connectivity index (χ0v) is 25.6. The lowest BCUT2D eigenvalue weighted by Gasteiger charge is -2.25. The fraction of sp³-hybridized carbons (Fsp3) is 0.114. The first-order valence-corrected chi connectivity index (χ1v) is 15.1. The van der Waals surface area contributed by atoms with E-state index in [4.69, 9.17) is 26.1 Å². The number of aromatic nitrogens is 1. The number of anilines is 1. The minimum atomic E-state index is -0.676. The minimum Gasteiger partial charge on any atom is -0.497 e. The summed E-state index contributed by atoms with van der Waals surface area (Å²) in [6.45, 7) is 2.19. The molecule has 2 heterocycles. The first-order valence-electron chi connectivity index (χ1n) is 13.9. The maximum atomic E-state index is 14.0. The molecule has 0 spiro atoms. The van der Waals surface area contributed by atoms with E-state index in [-0.39, 0.29) is 11.5 Å². The Hall–Kier alpha value is -4.92. The molecule has 6 rings (SSSR count). The highest BCUT2D eigenvalue weighted by Gasteiger charge is 2.32. The van der Waals surface area contributed by atoms with Crippen molar-refractivity contribution in [3.8, 4) is 11.5 Å². The second kappa shape index (κ2) is 12.8. The molecule has 9 heteroatoms. The molecule has 1 atom stereocenters. The Balaban J connectivity index is 1.34. The Morgan fingerprint density at radius 2 is 1.70 bits per heavy atom. The summed E-state index contributed by atoms with van der Waals surface area (Å²) in [4.78, 5) is 32.9. The van der Waals surface area contributed by atoms with Crippen LogP contribution in [0.25, 0.3) is 6.08 Å². The van der Waals surface area contributed by atoms with E-state index in [0.717, 1.165) is 16.7 Å². The molecule has 1 aromatic heterocycles. The second-order valence-corrected chi connectivity index (χ2v) is 11.6. The topological polar surface area (TPSA) is 81.9 Å². The van der Waals surface area contributed by atoms with E-state index in [1.54, 1.807) is 18.6 Å². The summed E-state index contributed by atoms with van der Waals surface area (Å²) in [5, 5.41) is 3.63. The van der Waals surface area contributed by atoms with Gasteiger partial charge in [0.2, 0.25) is 0 Å². The highest BCUT2D eigenvalue weighted by molar-refractivity contribution is 7.07. The predicted molar refractivity (Wildman–Crippen MR) is 174 cm³/mol. The number of amides is 1. The lowest BCUT2D eigenvalue weighted by atomic mass is 9.95. The number of fused-ring (bicyclic) bond motifs is 1. The molecule has 1 aliphatic heterocycles. The average Bonchev–Trinajstić information content (AvgIpc) is 3.34. The molecule has 5 aromatic rings. The number of ether oxygens (including phenoxy) is 2. The summed E-state index contributed by atoms with van der Waals surface area (Å²) in [5.41, 5.74) is 3.96. The number of halogens is 1. The molecule has 0 radical (unpaired) electrons. The van der Waals surface area contributed by atoms with Gasteiger partial charge >= 0.3 is 0 Å². The van der Waals surface area contributed by atoms with Crippen LogP contribution in [0.5, 0.6) is 11.5 Å². The summed E-state index contributed by atoms with van der Waals surface area (Å²) >= 11 is 7.37. The van der Waals surface area contributed by atoms with Crippen molar-refractivity contribution < 1.29 is 14.3 Å². The van der Waals surface area contributed by atoms with Gasteiger partial charge in [-0.1, -0.05) is 77.5 Å². The fourth-order valence-corrected chi connectivity index (χ4v) is 6.30. The van der Waals surface area contributed by atoms with E-state index in [9.17, 15) is 9.59 Å². The molecule has 0 fully saturated rings. The SMILES string of the molecule is COc1ccc([C@@H]2C(C(=O)Nc3ccccc3)=C(C)N=c3s/c(=C/c4ccc(OCc5cccc(Cl)c5)cc4)c(=O)n32)cc1. The summed E-state index contributed by atoms with van der Waals surface area (Å²) in [5.74, 6) is 1.06. The van der Waals surface area contributed by atoms with Crippen molar-refractivity contribution in [1.82, 2.24) is 4.57 Å². The molecule has 4 aromatic carbocycles. The van der Waals surface area contributed by atoms with Gasteiger partial charge < -0.3 is 14.8 Å². The lowest BCUT2D eigenvalue weighted by Crippen LogP contribution is -2.40. The molecule has 1 N–H and O–H groups in total. The number of hydrogen-bond acceptors (Lipinski definition) is 6. The molecular formula is C35H28ClN3O4S. The Labute approximate surface area is 263 Å². The van der Waals surface area contributed by atoms with E-state index in [1.165, 1.54) is 11.3 Å². The number of allylic oxidation sites excluding steroid dienone is 1. The van der Waals surface area contributed by atoms with Crippen LogP contribution in [-0.4, -0.2) is 17.6 Å². The number of hydrogen-bond donors (Lipinski definition) is 1. The van der Waals surface area contributed by atoms with Crippen LogP contribution in [0.3, 0.4) is 0 Å². The van der Waals surface area contributed by atoms with Crippen molar-refractivity contribution in [2.45, 2.75) is 19.6 Å². The summed E-state index contributed by atoms with van der Waals surface area (Å²) in [6, 6.07) is 31.0. The molecule has 220 valence electrons. The van der Waals surface area contributed by atoms with Gasteiger partial charge in [-0.05, 0) is 78.2 Å². The molecule has 1 amide bonds. The zero-order chi connectivity index (χ0) is 30.6. The number of benzene rings is 4. The third kappa shape index (κ3) is 6.22. The molecule has 44 heavy (non-hydrogen) atoms. The highest BCUT2D eigenvalue weighted by Crippen LogP contribution is 2.31. The van der Waals surface area contributed by atoms with Gasteiger partial charge in [0.25, 0.3) is 11.5 Å². The second-order valence-electron chi connectivity index (χ2n) is 10.2. The first kappa shape index (κ1) is 29.2. The first-order chi connectivity index (χ1) is 21.4. The van der Waals surface area contributed by atoms with Gasteiger partial charge in [0.1, 0.15) is 18.1 Å². The van der Waals surface area contributed by atoms with Crippen molar-refractivity contribution in [2.24, 2.45) is 4.99 Å². The smallest absolute Gasteiger partial charge is 0.271 e. The fourth-order valence-electron chi connectivity index (χ4n) is 5.04. The van der Waals surface area contributed by atoms with Gasteiger partial charge in [-0.15, -0.1) is 0 Å². The quantitative estimate of drug-likeness (QED) is 0.227. The number of thiazole rings is 1. The summed E-state index contributed by atoms with van der Waals surface area (Å²) < 4.78 is 13.4. The highest BCUT2D eigenvalue weighted by atomic mass is 35.5. The van der Waals surface area contributed by atoms with Crippen LogP contribution >= 0.6 is 22.9 Å². The van der Waals surface area contributed by atoms with Crippen molar-refractivity contribution in [3.63, 3.8) is 0 Å². The van der Waals surface area contributed by atoms with E-state index in [2.05, 4.69) is 5.32 Å². The number of methoxy groups -OCH3 is 1. The third-order valence-corrected chi connectivity index (χ3v) is 8.42. The molecular weight excluding hydrogens is 594 g/mol. The van der Waals surface area contributed by atoms with Crippen molar-refractivity contribution in [3.05, 3.63) is 156 Å². The number of rotatable bonds is 8. The van der Waals surface area contributed by atoms with Gasteiger partial charge in [0, 0.05) is 10.7 Å². The summed E-state index contributed by atoms with van der Waals surface area (Å²) in [6.07, 6.45) is 1.83. The predicted octanol–water partition coefficient (Wildman–Crippen LogP) is 6.11. The maximum absolute atomic E-state index is 14.0. The van der Waals surface area contributed by atoms with E-state index in [1.807, 2.05) is 109 Å². The van der Waals surface area contributed by atoms with Crippen LogP contribution in [0.15, 0.2) is 124 Å². The van der Waals surface area contributed by atoms with Gasteiger partial charge in [-0.25, -0.2) is 4.99 Å². The molecule has 1 aliphatic rings.